The van der Waals surface area contributed by atoms with Gasteiger partial charge in [0.2, 0.25) is 0 Å². The third kappa shape index (κ3) is 2.00. The summed E-state index contributed by atoms with van der Waals surface area (Å²) in [5.74, 6) is 0.406. The van der Waals surface area contributed by atoms with E-state index in [0.29, 0.717) is 18.6 Å². The first-order valence-corrected chi connectivity index (χ1v) is 6.61. The molecule has 0 unspecified atom stereocenters. The maximum atomic E-state index is 11.3. The Bertz CT molecular complexity index is 443. The Morgan fingerprint density at radius 3 is 2.47 bits per heavy atom. The molecule has 17 heavy (non-hydrogen) atoms. The zero-order chi connectivity index (χ0) is 11.9. The van der Waals surface area contributed by atoms with Crippen LogP contribution in [0.1, 0.15) is 31.2 Å². The van der Waals surface area contributed by atoms with E-state index in [2.05, 4.69) is 17.0 Å². The number of rotatable bonds is 2. The second-order valence-electron chi connectivity index (χ2n) is 5.07. The predicted molar refractivity (Wildman–Crippen MR) is 68.2 cm³/mol. The molecule has 1 saturated carbocycles. The minimum atomic E-state index is 0.186. The van der Waals surface area contributed by atoms with Crippen LogP contribution >= 0.6 is 11.6 Å². The normalized spacial score (nSPS) is 23.7. The van der Waals surface area contributed by atoms with E-state index in [1.165, 1.54) is 18.4 Å². The van der Waals surface area contributed by atoms with Crippen LogP contribution in [-0.4, -0.2) is 23.8 Å². The van der Waals surface area contributed by atoms with Gasteiger partial charge >= 0.3 is 0 Å². The van der Waals surface area contributed by atoms with Crippen LogP contribution in [-0.2, 0) is 10.3 Å². The maximum Gasteiger partial charge on any atom is 0.135 e. The van der Waals surface area contributed by atoms with Gasteiger partial charge in [0.1, 0.15) is 5.78 Å². The molecule has 2 nitrogen and oxygen atoms in total. The molecule has 0 amide bonds. The van der Waals surface area contributed by atoms with Gasteiger partial charge in [-0.1, -0.05) is 23.7 Å². The Hall–Kier alpha value is -0.860. The number of nitrogens with zero attached hydrogens (tertiary/aromatic N) is 1. The van der Waals surface area contributed by atoms with Gasteiger partial charge in [0.25, 0.3) is 0 Å². The van der Waals surface area contributed by atoms with Crippen molar-refractivity contribution in [3.63, 3.8) is 0 Å². The summed E-state index contributed by atoms with van der Waals surface area (Å²) in [6.07, 6.45) is 3.81. The number of halogens is 1. The van der Waals surface area contributed by atoms with Gasteiger partial charge in [-0.3, -0.25) is 9.69 Å². The van der Waals surface area contributed by atoms with Crippen molar-refractivity contribution in [3.8, 4) is 0 Å². The molecule has 0 aromatic heterocycles. The molecule has 90 valence electrons. The van der Waals surface area contributed by atoms with Crippen molar-refractivity contribution in [1.29, 1.82) is 0 Å². The SMILES string of the molecule is O=C1CCN(C2(c3cccc(Cl)c3)CC2)CC1. The summed E-state index contributed by atoms with van der Waals surface area (Å²) in [6.45, 7) is 1.82. The van der Waals surface area contributed by atoms with Gasteiger partial charge in [0.15, 0.2) is 0 Å². The maximum absolute atomic E-state index is 11.3. The van der Waals surface area contributed by atoms with Crippen LogP contribution in [0.5, 0.6) is 0 Å². The van der Waals surface area contributed by atoms with Crippen molar-refractivity contribution >= 4 is 17.4 Å². The van der Waals surface area contributed by atoms with E-state index in [0.717, 1.165) is 18.1 Å². The van der Waals surface area contributed by atoms with E-state index in [1.807, 2.05) is 12.1 Å². The fourth-order valence-corrected chi connectivity index (χ4v) is 3.06. The Kier molecular flexibility index (Phi) is 2.72. The number of carbonyl (C=O) groups excluding carboxylic acids is 1. The Morgan fingerprint density at radius 2 is 1.88 bits per heavy atom. The van der Waals surface area contributed by atoms with Gasteiger partial charge in [0.05, 0.1) is 0 Å². The molecule has 0 N–H and O–H groups in total. The summed E-state index contributed by atoms with van der Waals surface area (Å²) in [6, 6.07) is 8.17. The predicted octanol–water partition coefficient (Wildman–Crippen LogP) is 2.99. The molecule has 0 spiro atoms. The second-order valence-corrected chi connectivity index (χ2v) is 5.50. The molecule has 2 aliphatic rings. The van der Waals surface area contributed by atoms with E-state index < -0.39 is 0 Å². The molecule has 0 bridgehead atoms. The van der Waals surface area contributed by atoms with Crippen LogP contribution in [0.15, 0.2) is 24.3 Å². The Labute approximate surface area is 107 Å². The highest BCUT2D eigenvalue weighted by molar-refractivity contribution is 6.30. The van der Waals surface area contributed by atoms with Crippen molar-refractivity contribution in [3.05, 3.63) is 34.9 Å². The summed E-state index contributed by atoms with van der Waals surface area (Å²) >= 11 is 6.07. The molecule has 3 heteroatoms. The lowest BCUT2D eigenvalue weighted by Crippen LogP contribution is -2.41. The quantitative estimate of drug-likeness (QED) is 0.803. The fourth-order valence-electron chi connectivity index (χ4n) is 2.87. The lowest BCUT2D eigenvalue weighted by Gasteiger charge is -2.34. The smallest absolute Gasteiger partial charge is 0.135 e. The van der Waals surface area contributed by atoms with Crippen molar-refractivity contribution in [1.82, 2.24) is 4.90 Å². The lowest BCUT2D eigenvalue weighted by molar-refractivity contribution is -0.122. The van der Waals surface area contributed by atoms with Gasteiger partial charge in [-0.2, -0.15) is 0 Å². The zero-order valence-corrected chi connectivity index (χ0v) is 10.5. The Morgan fingerprint density at radius 1 is 1.18 bits per heavy atom. The van der Waals surface area contributed by atoms with E-state index in [9.17, 15) is 4.79 Å². The first-order chi connectivity index (χ1) is 8.21. The van der Waals surface area contributed by atoms with Crippen molar-refractivity contribution in [2.24, 2.45) is 0 Å². The molecule has 0 atom stereocenters. The molecule has 1 aromatic carbocycles. The highest BCUT2D eigenvalue weighted by Crippen LogP contribution is 2.51. The molecule has 1 heterocycles. The summed E-state index contributed by atoms with van der Waals surface area (Å²) in [4.78, 5) is 13.8. The molecule has 1 aliphatic heterocycles. The highest BCUT2D eigenvalue weighted by Gasteiger charge is 2.49. The number of benzene rings is 1. The average Bonchev–Trinajstić information content (AvgIpc) is 3.11. The number of Topliss-reactive ketones (excluding diaryl/α,β-unsaturated/α-hetero) is 1. The van der Waals surface area contributed by atoms with E-state index in [1.54, 1.807) is 0 Å². The minimum absolute atomic E-state index is 0.186. The summed E-state index contributed by atoms with van der Waals surface area (Å²) in [5.41, 5.74) is 1.50. The lowest BCUT2D eigenvalue weighted by atomic mass is 9.99. The van der Waals surface area contributed by atoms with Crippen molar-refractivity contribution in [2.45, 2.75) is 31.2 Å². The van der Waals surface area contributed by atoms with Crippen LogP contribution in [0.2, 0.25) is 5.02 Å². The first kappa shape index (κ1) is 11.2. The van der Waals surface area contributed by atoms with Gasteiger partial charge in [0, 0.05) is 36.5 Å². The van der Waals surface area contributed by atoms with Crippen molar-refractivity contribution in [2.75, 3.05) is 13.1 Å². The monoisotopic (exact) mass is 249 g/mol. The van der Waals surface area contributed by atoms with Gasteiger partial charge in [-0.25, -0.2) is 0 Å². The van der Waals surface area contributed by atoms with Gasteiger partial charge in [-0.15, -0.1) is 0 Å². The van der Waals surface area contributed by atoms with Gasteiger partial charge < -0.3 is 0 Å². The van der Waals surface area contributed by atoms with Crippen LogP contribution in [0.3, 0.4) is 0 Å². The van der Waals surface area contributed by atoms with E-state index in [-0.39, 0.29) is 5.54 Å². The number of carbonyl (C=O) groups is 1. The molecular formula is C14H16ClNO. The molecule has 2 fully saturated rings. The summed E-state index contributed by atoms with van der Waals surface area (Å²) in [5, 5.41) is 0.807. The topological polar surface area (TPSA) is 20.3 Å². The first-order valence-electron chi connectivity index (χ1n) is 6.23. The van der Waals surface area contributed by atoms with Crippen LogP contribution < -0.4 is 0 Å². The summed E-state index contributed by atoms with van der Waals surface area (Å²) < 4.78 is 0. The molecule has 1 saturated heterocycles. The van der Waals surface area contributed by atoms with Crippen LogP contribution in [0.25, 0.3) is 0 Å². The third-order valence-corrected chi connectivity index (χ3v) is 4.25. The average molecular weight is 250 g/mol. The molecule has 1 aromatic rings. The standard InChI is InChI=1S/C14H16ClNO/c15-12-3-1-2-11(10-12)14(6-7-14)16-8-4-13(17)5-9-16/h1-3,10H,4-9H2. The Balaban J connectivity index is 1.84. The molecular weight excluding hydrogens is 234 g/mol. The fraction of sp³-hybridized carbons (Fsp3) is 0.500. The molecule has 0 radical (unpaired) electrons. The zero-order valence-electron chi connectivity index (χ0n) is 9.79. The number of ketones is 1. The second kappa shape index (κ2) is 4.11. The summed E-state index contributed by atoms with van der Waals surface area (Å²) in [7, 11) is 0. The number of likely N-dealkylation sites (tertiary alicyclic amines) is 1. The van der Waals surface area contributed by atoms with E-state index >= 15 is 0 Å². The van der Waals surface area contributed by atoms with Crippen LogP contribution in [0.4, 0.5) is 0 Å². The molecule has 3 rings (SSSR count). The largest absolute Gasteiger partial charge is 0.300 e. The van der Waals surface area contributed by atoms with Gasteiger partial charge in [-0.05, 0) is 30.5 Å². The van der Waals surface area contributed by atoms with E-state index in [4.69, 9.17) is 11.6 Å². The number of piperidine rings is 1. The van der Waals surface area contributed by atoms with Crippen LogP contribution in [0, 0.1) is 0 Å². The van der Waals surface area contributed by atoms with Crippen molar-refractivity contribution < 1.29 is 4.79 Å². The molecule has 1 aliphatic carbocycles. The highest BCUT2D eigenvalue weighted by atomic mass is 35.5. The number of hydrogen-bond donors (Lipinski definition) is 0. The third-order valence-electron chi connectivity index (χ3n) is 4.01. The number of hydrogen-bond acceptors (Lipinski definition) is 2. The minimum Gasteiger partial charge on any atom is -0.300 e.